The number of likely N-dealkylation sites (tertiary alicyclic amines) is 1. The fraction of sp³-hybridized carbons (Fsp3) is 0.452. The molecule has 1 unspecified atom stereocenters. The fourth-order valence-electron chi connectivity index (χ4n) is 5.59. The molecule has 2 aliphatic rings. The molecule has 1 N–H and O–H groups in total. The van der Waals surface area contributed by atoms with E-state index in [0.717, 1.165) is 42.7 Å². The summed E-state index contributed by atoms with van der Waals surface area (Å²) in [5.74, 6) is -1.48. The number of pyridine rings is 1. The van der Waals surface area contributed by atoms with Gasteiger partial charge in [-0.25, -0.2) is 4.98 Å². The van der Waals surface area contributed by atoms with Crippen LogP contribution in [0.15, 0.2) is 48.2 Å². The van der Waals surface area contributed by atoms with Gasteiger partial charge in [-0.1, -0.05) is 51.1 Å². The van der Waals surface area contributed by atoms with Gasteiger partial charge in [0.05, 0.1) is 30.5 Å². The molecule has 8 nitrogen and oxygen atoms in total. The molecular weight excluding hydrogens is 492 g/mol. The molecule has 0 bridgehead atoms. The number of hydrogen-bond acceptors (Lipinski definition) is 6. The Balaban J connectivity index is 1.56. The van der Waals surface area contributed by atoms with Gasteiger partial charge in [-0.2, -0.15) is 0 Å². The Hall–Kier alpha value is -3.49. The fourth-order valence-corrected chi connectivity index (χ4v) is 5.59. The number of fused-ring (bicyclic) bond motifs is 1. The molecule has 2 aromatic heterocycles. The Morgan fingerprint density at radius 2 is 1.74 bits per heavy atom. The van der Waals surface area contributed by atoms with Gasteiger partial charge in [0.2, 0.25) is 0 Å². The minimum Gasteiger partial charge on any atom is -0.505 e. The molecule has 0 radical (unpaired) electrons. The van der Waals surface area contributed by atoms with E-state index in [9.17, 15) is 14.7 Å². The minimum absolute atomic E-state index is 0.0377. The van der Waals surface area contributed by atoms with Crippen LogP contribution < -0.4 is 0 Å². The number of Topliss-reactive ketones (excluding diaryl/α,β-unsaturated/α-hetero) is 1. The van der Waals surface area contributed by atoms with E-state index in [1.165, 1.54) is 0 Å². The molecule has 3 aromatic rings. The van der Waals surface area contributed by atoms with Crippen LogP contribution in [0.3, 0.4) is 0 Å². The molecule has 39 heavy (non-hydrogen) atoms. The normalized spacial score (nSPS) is 20.3. The standard InChI is InChI=1S/C31H38N4O4/c1-20-8-6-14-34-21(2)25(32-29(20)34)27(36)24-26(22-9-11-23(12-10-22)31(3,4)5)35(30(38)28(24)37)15-7-13-33-16-18-39-19-17-33/h6,8-12,14,26,36H,7,13,15-19H2,1-5H3. The largest absolute Gasteiger partial charge is 0.505 e. The highest BCUT2D eigenvalue weighted by Crippen LogP contribution is 2.40. The summed E-state index contributed by atoms with van der Waals surface area (Å²) in [6.45, 7) is 14.6. The van der Waals surface area contributed by atoms with Gasteiger partial charge in [0, 0.05) is 32.4 Å². The van der Waals surface area contributed by atoms with E-state index in [2.05, 4.69) is 25.7 Å². The first kappa shape index (κ1) is 27.1. The van der Waals surface area contributed by atoms with Crippen molar-refractivity contribution < 1.29 is 19.4 Å². The van der Waals surface area contributed by atoms with Crippen molar-refractivity contribution in [3.8, 4) is 0 Å². The zero-order chi connectivity index (χ0) is 27.9. The maximum Gasteiger partial charge on any atom is 0.295 e. The van der Waals surface area contributed by atoms with Gasteiger partial charge >= 0.3 is 0 Å². The number of imidazole rings is 1. The molecule has 0 saturated carbocycles. The summed E-state index contributed by atoms with van der Waals surface area (Å²) < 4.78 is 7.35. The Labute approximate surface area is 229 Å². The van der Waals surface area contributed by atoms with Gasteiger partial charge in [-0.3, -0.25) is 14.5 Å². The lowest BCUT2D eigenvalue weighted by Crippen LogP contribution is -2.39. The molecular formula is C31H38N4O4. The van der Waals surface area contributed by atoms with Crippen LogP contribution in [0.1, 0.15) is 61.3 Å². The van der Waals surface area contributed by atoms with E-state index in [-0.39, 0.29) is 16.7 Å². The third-order valence-corrected chi connectivity index (χ3v) is 7.92. The van der Waals surface area contributed by atoms with Gasteiger partial charge in [-0.05, 0) is 48.4 Å². The first-order chi connectivity index (χ1) is 18.6. The van der Waals surface area contributed by atoms with E-state index < -0.39 is 17.7 Å². The number of aryl methyl sites for hydroxylation is 2. The highest BCUT2D eigenvalue weighted by Gasteiger charge is 2.46. The molecule has 1 aromatic carbocycles. The quantitative estimate of drug-likeness (QED) is 0.289. The molecule has 4 heterocycles. The summed E-state index contributed by atoms with van der Waals surface area (Å²) in [7, 11) is 0. The van der Waals surface area contributed by atoms with Gasteiger partial charge in [0.15, 0.2) is 5.76 Å². The van der Waals surface area contributed by atoms with Crippen LogP contribution in [0.4, 0.5) is 0 Å². The number of hydrogen-bond donors (Lipinski definition) is 1. The zero-order valence-electron chi connectivity index (χ0n) is 23.5. The number of ether oxygens (including phenoxy) is 1. The van der Waals surface area contributed by atoms with E-state index >= 15 is 0 Å². The number of aliphatic hydroxyl groups excluding tert-OH is 1. The number of aromatic nitrogens is 2. The Morgan fingerprint density at radius 1 is 1.05 bits per heavy atom. The number of aliphatic hydroxyl groups is 1. The number of amides is 1. The SMILES string of the molecule is Cc1cccn2c(C)c(C(O)=C3C(=O)C(=O)N(CCCN4CCOCC4)C3c3ccc(C(C)(C)C)cc3)nc12. The van der Waals surface area contributed by atoms with Crippen molar-refractivity contribution in [3.05, 3.63) is 76.2 Å². The molecule has 0 aliphatic carbocycles. The van der Waals surface area contributed by atoms with Crippen molar-refractivity contribution in [2.45, 2.75) is 52.5 Å². The van der Waals surface area contributed by atoms with Crippen molar-refractivity contribution in [1.29, 1.82) is 0 Å². The number of morpholine rings is 1. The van der Waals surface area contributed by atoms with Gasteiger partial charge in [0.25, 0.3) is 11.7 Å². The summed E-state index contributed by atoms with van der Waals surface area (Å²) in [6.07, 6.45) is 2.60. The smallest absolute Gasteiger partial charge is 0.295 e. The van der Waals surface area contributed by atoms with Crippen molar-refractivity contribution >= 4 is 23.1 Å². The molecule has 1 atom stereocenters. The van der Waals surface area contributed by atoms with Crippen molar-refractivity contribution in [1.82, 2.24) is 19.2 Å². The zero-order valence-corrected chi connectivity index (χ0v) is 23.5. The van der Waals surface area contributed by atoms with E-state index in [1.54, 1.807) is 4.90 Å². The average molecular weight is 531 g/mol. The number of nitrogens with zero attached hydrogens (tertiary/aromatic N) is 4. The number of ketones is 1. The van der Waals surface area contributed by atoms with Crippen LogP contribution >= 0.6 is 0 Å². The second-order valence-corrected chi connectivity index (χ2v) is 11.6. The monoisotopic (exact) mass is 530 g/mol. The summed E-state index contributed by atoms with van der Waals surface area (Å²) in [6, 6.07) is 11.2. The molecule has 5 rings (SSSR count). The molecule has 8 heteroatoms. The van der Waals surface area contributed by atoms with Crippen LogP contribution in [0.2, 0.25) is 0 Å². The Bertz CT molecular complexity index is 1430. The summed E-state index contributed by atoms with van der Waals surface area (Å²) in [5, 5.41) is 11.6. The van der Waals surface area contributed by atoms with E-state index in [4.69, 9.17) is 9.72 Å². The second-order valence-electron chi connectivity index (χ2n) is 11.6. The lowest BCUT2D eigenvalue weighted by atomic mass is 9.85. The maximum absolute atomic E-state index is 13.5. The predicted molar refractivity (Wildman–Crippen MR) is 151 cm³/mol. The van der Waals surface area contributed by atoms with Crippen LogP contribution in [0.5, 0.6) is 0 Å². The number of rotatable bonds is 6. The predicted octanol–water partition coefficient (Wildman–Crippen LogP) is 4.39. The number of benzene rings is 1. The summed E-state index contributed by atoms with van der Waals surface area (Å²) >= 11 is 0. The molecule has 1 amide bonds. The second kappa shape index (κ2) is 10.6. The number of carbonyl (C=O) groups is 2. The molecule has 206 valence electrons. The van der Waals surface area contributed by atoms with Crippen molar-refractivity contribution in [2.75, 3.05) is 39.4 Å². The minimum atomic E-state index is -0.686. The molecule has 2 saturated heterocycles. The number of carbonyl (C=O) groups excluding carboxylic acids is 2. The average Bonchev–Trinajstić information content (AvgIpc) is 3.39. The third-order valence-electron chi connectivity index (χ3n) is 7.92. The lowest BCUT2D eigenvalue weighted by molar-refractivity contribution is -0.140. The first-order valence-corrected chi connectivity index (χ1v) is 13.7. The molecule has 0 spiro atoms. The van der Waals surface area contributed by atoms with E-state index in [0.29, 0.717) is 36.8 Å². The topological polar surface area (TPSA) is 87.4 Å². The molecule has 2 fully saturated rings. The Kier molecular flexibility index (Phi) is 7.35. The maximum atomic E-state index is 13.5. The Morgan fingerprint density at radius 3 is 2.38 bits per heavy atom. The van der Waals surface area contributed by atoms with Gasteiger partial charge < -0.3 is 19.1 Å². The van der Waals surface area contributed by atoms with Gasteiger partial charge in [-0.15, -0.1) is 0 Å². The molecule has 2 aliphatic heterocycles. The van der Waals surface area contributed by atoms with E-state index in [1.807, 2.05) is 60.8 Å². The van der Waals surface area contributed by atoms with Crippen LogP contribution in [-0.2, 0) is 19.7 Å². The van der Waals surface area contributed by atoms with Crippen LogP contribution in [0.25, 0.3) is 11.4 Å². The van der Waals surface area contributed by atoms with Crippen LogP contribution in [-0.4, -0.2) is 75.4 Å². The summed E-state index contributed by atoms with van der Waals surface area (Å²) in [4.78, 5) is 35.6. The highest BCUT2D eigenvalue weighted by atomic mass is 16.5. The third kappa shape index (κ3) is 5.11. The van der Waals surface area contributed by atoms with Crippen molar-refractivity contribution in [2.24, 2.45) is 0 Å². The van der Waals surface area contributed by atoms with Crippen LogP contribution in [0, 0.1) is 13.8 Å². The van der Waals surface area contributed by atoms with Gasteiger partial charge in [0.1, 0.15) is 11.3 Å². The summed E-state index contributed by atoms with van der Waals surface area (Å²) in [5.41, 5.74) is 4.72. The highest BCUT2D eigenvalue weighted by molar-refractivity contribution is 6.46. The lowest BCUT2D eigenvalue weighted by Gasteiger charge is -2.29. The van der Waals surface area contributed by atoms with Crippen molar-refractivity contribution in [3.63, 3.8) is 0 Å². The first-order valence-electron chi connectivity index (χ1n) is 13.7.